The number of nitrogens with one attached hydrogen (secondary N) is 1. The molecule has 140 valence electrons. The smallest absolute Gasteiger partial charge is 0.338 e. The first-order valence-corrected chi connectivity index (χ1v) is 8.95. The third kappa shape index (κ3) is 4.30. The molecule has 1 heterocycles. The molecule has 1 aliphatic carbocycles. The summed E-state index contributed by atoms with van der Waals surface area (Å²) in [5, 5.41) is 14.2. The summed E-state index contributed by atoms with van der Waals surface area (Å²) in [6.07, 6.45) is 4.20. The zero-order valence-corrected chi connectivity index (χ0v) is 14.8. The molecule has 0 radical (unpaired) electrons. The van der Waals surface area contributed by atoms with Crippen LogP contribution in [0.3, 0.4) is 0 Å². The Labute approximate surface area is 151 Å². The topological polar surface area (TPSA) is 102 Å². The van der Waals surface area contributed by atoms with E-state index < -0.39 is 17.5 Å². The van der Waals surface area contributed by atoms with Gasteiger partial charge in [0, 0.05) is 25.2 Å². The van der Waals surface area contributed by atoms with Crippen molar-refractivity contribution in [3.05, 3.63) is 33.9 Å². The second-order valence-electron chi connectivity index (χ2n) is 6.92. The highest BCUT2D eigenvalue weighted by atomic mass is 16.6. The molecule has 1 aromatic carbocycles. The van der Waals surface area contributed by atoms with Crippen molar-refractivity contribution < 1.29 is 19.2 Å². The van der Waals surface area contributed by atoms with Crippen molar-refractivity contribution in [1.29, 1.82) is 0 Å². The molecule has 8 nitrogen and oxygen atoms in total. The molecule has 1 aliphatic heterocycles. The van der Waals surface area contributed by atoms with Gasteiger partial charge in [0.2, 0.25) is 0 Å². The summed E-state index contributed by atoms with van der Waals surface area (Å²) in [6.45, 7) is 3.07. The maximum Gasteiger partial charge on any atom is 0.338 e. The number of esters is 1. The fraction of sp³-hybridized carbons (Fsp3) is 0.556. The van der Waals surface area contributed by atoms with Crippen molar-refractivity contribution in [2.45, 2.75) is 38.6 Å². The van der Waals surface area contributed by atoms with E-state index >= 15 is 0 Å². The maximum absolute atomic E-state index is 12.2. The number of amides is 1. The highest BCUT2D eigenvalue weighted by molar-refractivity contribution is 5.93. The van der Waals surface area contributed by atoms with Gasteiger partial charge < -0.3 is 15.0 Å². The van der Waals surface area contributed by atoms with Crippen LogP contribution in [0.25, 0.3) is 0 Å². The number of rotatable bonds is 7. The van der Waals surface area contributed by atoms with Gasteiger partial charge in [-0.1, -0.05) is 0 Å². The fourth-order valence-electron chi connectivity index (χ4n) is 3.25. The Kier molecular flexibility index (Phi) is 5.39. The van der Waals surface area contributed by atoms with Crippen LogP contribution in [0.2, 0.25) is 0 Å². The number of nitro benzene ring substituents is 1. The monoisotopic (exact) mass is 361 g/mol. The molecule has 0 bridgehead atoms. The maximum atomic E-state index is 12.2. The molecule has 2 aliphatic rings. The van der Waals surface area contributed by atoms with E-state index in [-0.39, 0.29) is 23.2 Å². The van der Waals surface area contributed by atoms with Gasteiger partial charge in [0.25, 0.3) is 11.6 Å². The van der Waals surface area contributed by atoms with Crippen LogP contribution in [-0.2, 0) is 9.53 Å². The zero-order valence-electron chi connectivity index (χ0n) is 14.8. The Morgan fingerprint density at radius 2 is 2.04 bits per heavy atom. The third-order valence-electron chi connectivity index (χ3n) is 4.91. The van der Waals surface area contributed by atoms with Gasteiger partial charge in [-0.15, -0.1) is 0 Å². The summed E-state index contributed by atoms with van der Waals surface area (Å²) in [7, 11) is 0. The molecular formula is C18H23N3O5. The van der Waals surface area contributed by atoms with Gasteiger partial charge in [-0.05, 0) is 50.7 Å². The number of hydrogen-bond acceptors (Lipinski definition) is 6. The van der Waals surface area contributed by atoms with Crippen molar-refractivity contribution in [3.63, 3.8) is 0 Å². The van der Waals surface area contributed by atoms with Gasteiger partial charge in [-0.3, -0.25) is 14.9 Å². The molecule has 8 heteroatoms. The fourth-order valence-corrected chi connectivity index (χ4v) is 3.25. The molecule has 0 aromatic heterocycles. The first kappa shape index (κ1) is 18.2. The van der Waals surface area contributed by atoms with Crippen molar-refractivity contribution in [3.8, 4) is 0 Å². The van der Waals surface area contributed by atoms with Crippen molar-refractivity contribution >= 4 is 23.3 Å². The normalized spacial score (nSPS) is 17.7. The number of anilines is 1. The minimum Gasteiger partial charge on any atom is -0.452 e. The summed E-state index contributed by atoms with van der Waals surface area (Å²) >= 11 is 0. The standard InChI is InChI=1S/C18H23N3O5/c1-12(13-4-5-13)19-17(22)11-26-18(23)14-6-7-15(16(10-14)21(24)25)20-8-2-3-9-20/h6-7,10,12-13H,2-5,8-9,11H2,1H3,(H,19,22)/t12-/m1/s1. The van der Waals surface area contributed by atoms with Gasteiger partial charge in [0.15, 0.2) is 6.61 Å². The molecule has 1 aromatic rings. The Morgan fingerprint density at radius 3 is 2.65 bits per heavy atom. The summed E-state index contributed by atoms with van der Waals surface area (Å²) in [5.74, 6) is -0.591. The Hall–Kier alpha value is -2.64. The number of benzene rings is 1. The SMILES string of the molecule is C[C@@H](NC(=O)COC(=O)c1ccc(N2CCCC2)c([N+](=O)[O-])c1)C1CC1. The van der Waals surface area contributed by atoms with Crippen molar-refractivity contribution in [1.82, 2.24) is 5.32 Å². The third-order valence-corrected chi connectivity index (χ3v) is 4.91. The minimum atomic E-state index is -0.740. The van der Waals surface area contributed by atoms with E-state index in [2.05, 4.69) is 5.32 Å². The van der Waals surface area contributed by atoms with Gasteiger partial charge in [0.1, 0.15) is 5.69 Å². The Morgan fingerprint density at radius 1 is 1.35 bits per heavy atom. The van der Waals surface area contributed by atoms with E-state index in [1.165, 1.54) is 12.1 Å². The van der Waals surface area contributed by atoms with E-state index in [1.54, 1.807) is 6.07 Å². The minimum absolute atomic E-state index is 0.0713. The number of ether oxygens (including phenoxy) is 1. The molecule has 1 N–H and O–H groups in total. The molecular weight excluding hydrogens is 338 g/mol. The van der Waals surface area contributed by atoms with Crippen LogP contribution in [0.5, 0.6) is 0 Å². The van der Waals surface area contributed by atoms with Gasteiger partial charge >= 0.3 is 5.97 Å². The molecule has 2 fully saturated rings. The number of carbonyl (C=O) groups is 2. The second kappa shape index (κ2) is 7.72. The van der Waals surface area contributed by atoms with Crippen LogP contribution in [0, 0.1) is 16.0 Å². The summed E-state index contributed by atoms with van der Waals surface area (Å²) in [5.41, 5.74) is 0.468. The van der Waals surface area contributed by atoms with Crippen molar-refractivity contribution in [2.24, 2.45) is 5.92 Å². The lowest BCUT2D eigenvalue weighted by Gasteiger charge is -2.17. The molecule has 1 saturated carbocycles. The molecule has 26 heavy (non-hydrogen) atoms. The van der Waals surface area contributed by atoms with E-state index in [0.29, 0.717) is 11.6 Å². The number of carbonyl (C=O) groups excluding carboxylic acids is 2. The molecule has 1 amide bonds. The van der Waals surface area contributed by atoms with E-state index in [4.69, 9.17) is 4.74 Å². The number of nitrogens with zero attached hydrogens (tertiary/aromatic N) is 2. The summed E-state index contributed by atoms with van der Waals surface area (Å²) < 4.78 is 5.00. The van der Waals surface area contributed by atoms with Crippen LogP contribution >= 0.6 is 0 Å². The molecule has 0 spiro atoms. The summed E-state index contributed by atoms with van der Waals surface area (Å²) in [6, 6.07) is 4.38. The Bertz CT molecular complexity index is 711. The molecule has 1 saturated heterocycles. The van der Waals surface area contributed by atoms with E-state index in [9.17, 15) is 19.7 Å². The predicted molar refractivity (Wildman–Crippen MR) is 95.2 cm³/mol. The van der Waals surface area contributed by atoms with Crippen LogP contribution in [-0.4, -0.2) is 42.5 Å². The highest BCUT2D eigenvalue weighted by Crippen LogP contribution is 2.33. The second-order valence-corrected chi connectivity index (χ2v) is 6.92. The first-order valence-electron chi connectivity index (χ1n) is 8.95. The lowest BCUT2D eigenvalue weighted by atomic mass is 10.1. The number of hydrogen-bond donors (Lipinski definition) is 1. The van der Waals surface area contributed by atoms with Crippen LogP contribution in [0.1, 0.15) is 43.0 Å². The van der Waals surface area contributed by atoms with Crippen molar-refractivity contribution in [2.75, 3.05) is 24.6 Å². The Balaban J connectivity index is 1.62. The lowest BCUT2D eigenvalue weighted by molar-refractivity contribution is -0.384. The van der Waals surface area contributed by atoms with E-state index in [1.807, 2.05) is 11.8 Å². The zero-order chi connectivity index (χ0) is 18.7. The van der Waals surface area contributed by atoms with Crippen LogP contribution in [0.4, 0.5) is 11.4 Å². The van der Waals surface area contributed by atoms with E-state index in [0.717, 1.165) is 38.8 Å². The van der Waals surface area contributed by atoms with Gasteiger partial charge in [-0.2, -0.15) is 0 Å². The number of nitro groups is 1. The average Bonchev–Trinajstić information content (AvgIpc) is 3.34. The lowest BCUT2D eigenvalue weighted by Crippen LogP contribution is -2.37. The highest BCUT2D eigenvalue weighted by Gasteiger charge is 2.29. The van der Waals surface area contributed by atoms with Gasteiger partial charge in [0.05, 0.1) is 10.5 Å². The molecule has 1 atom stereocenters. The summed E-state index contributed by atoms with van der Waals surface area (Å²) in [4.78, 5) is 36.8. The largest absolute Gasteiger partial charge is 0.452 e. The van der Waals surface area contributed by atoms with Crippen LogP contribution in [0.15, 0.2) is 18.2 Å². The van der Waals surface area contributed by atoms with Gasteiger partial charge in [-0.25, -0.2) is 4.79 Å². The average molecular weight is 361 g/mol. The van der Waals surface area contributed by atoms with Crippen LogP contribution < -0.4 is 10.2 Å². The predicted octanol–water partition coefficient (Wildman–Crippen LogP) is 2.27. The molecule has 0 unspecified atom stereocenters. The first-order chi connectivity index (χ1) is 12.5. The molecule has 3 rings (SSSR count). The quantitative estimate of drug-likeness (QED) is 0.454.